The summed E-state index contributed by atoms with van der Waals surface area (Å²) in [5.41, 5.74) is 6.48. The van der Waals surface area contributed by atoms with Crippen molar-refractivity contribution in [3.63, 3.8) is 0 Å². The zero-order valence-electron chi connectivity index (χ0n) is 12.3. The lowest BCUT2D eigenvalue weighted by Crippen LogP contribution is -2.44. The highest BCUT2D eigenvalue weighted by Gasteiger charge is 2.33. The average molecular weight is 317 g/mol. The van der Waals surface area contributed by atoms with Gasteiger partial charge in [-0.15, -0.1) is 11.3 Å². The van der Waals surface area contributed by atoms with E-state index in [4.69, 9.17) is 5.73 Å². The third-order valence-corrected chi connectivity index (χ3v) is 7.31. The first-order valence-electron chi connectivity index (χ1n) is 6.81. The molecule has 0 saturated carbocycles. The Labute approximate surface area is 125 Å². The average Bonchev–Trinajstić information content (AvgIpc) is 2.80. The van der Waals surface area contributed by atoms with Gasteiger partial charge in [-0.25, -0.2) is 8.42 Å². The summed E-state index contributed by atoms with van der Waals surface area (Å²) in [6.07, 6.45) is 1.76. The summed E-state index contributed by atoms with van der Waals surface area (Å²) in [6, 6.07) is 0.471. The van der Waals surface area contributed by atoms with Gasteiger partial charge in [0.1, 0.15) is 4.90 Å². The van der Waals surface area contributed by atoms with E-state index in [2.05, 4.69) is 4.90 Å². The highest BCUT2D eigenvalue weighted by atomic mass is 32.2. The number of piperidine rings is 1. The van der Waals surface area contributed by atoms with Gasteiger partial charge in [0.2, 0.25) is 10.0 Å². The van der Waals surface area contributed by atoms with Crippen LogP contribution in [0.5, 0.6) is 0 Å². The van der Waals surface area contributed by atoms with E-state index in [9.17, 15) is 8.42 Å². The lowest BCUT2D eigenvalue weighted by atomic mass is 10.1. The van der Waals surface area contributed by atoms with Gasteiger partial charge in [0.15, 0.2) is 0 Å². The second kappa shape index (κ2) is 6.11. The lowest BCUT2D eigenvalue weighted by Gasteiger charge is -2.34. The van der Waals surface area contributed by atoms with E-state index in [0.29, 0.717) is 24.0 Å². The van der Waals surface area contributed by atoms with Gasteiger partial charge in [0.05, 0.1) is 0 Å². The van der Waals surface area contributed by atoms with Crippen molar-refractivity contribution < 1.29 is 8.42 Å². The molecule has 1 aliphatic rings. The van der Waals surface area contributed by atoms with Crippen LogP contribution >= 0.6 is 11.3 Å². The Morgan fingerprint density at radius 2 is 2.00 bits per heavy atom. The molecule has 0 aromatic carbocycles. The first kappa shape index (κ1) is 15.9. The van der Waals surface area contributed by atoms with E-state index in [1.165, 1.54) is 11.3 Å². The van der Waals surface area contributed by atoms with Crippen LogP contribution in [0.3, 0.4) is 0 Å². The molecule has 1 aromatic heterocycles. The minimum atomic E-state index is -3.40. The van der Waals surface area contributed by atoms with Crippen molar-refractivity contribution in [2.24, 2.45) is 5.73 Å². The molecule has 0 radical (unpaired) electrons. The summed E-state index contributed by atoms with van der Waals surface area (Å²) >= 11 is 1.43. The fourth-order valence-electron chi connectivity index (χ4n) is 2.70. The van der Waals surface area contributed by atoms with Crippen molar-refractivity contribution in [3.8, 4) is 0 Å². The number of thiophene rings is 1. The molecule has 0 spiro atoms. The Balaban J connectivity index is 2.22. The van der Waals surface area contributed by atoms with Gasteiger partial charge in [-0.05, 0) is 44.8 Å². The maximum Gasteiger partial charge on any atom is 0.244 e. The van der Waals surface area contributed by atoms with Gasteiger partial charge in [0.25, 0.3) is 0 Å². The summed E-state index contributed by atoms with van der Waals surface area (Å²) in [5.74, 6) is 0. The highest BCUT2D eigenvalue weighted by Crippen LogP contribution is 2.31. The SMILES string of the molecule is Cc1csc(CN)c1S(=O)(=O)N1CCC(N(C)C)CC1. The summed E-state index contributed by atoms with van der Waals surface area (Å²) < 4.78 is 27.2. The second-order valence-corrected chi connectivity index (χ2v) is 8.31. The van der Waals surface area contributed by atoms with E-state index in [1.807, 2.05) is 26.4 Å². The maximum atomic E-state index is 12.8. The molecule has 1 fully saturated rings. The molecule has 114 valence electrons. The van der Waals surface area contributed by atoms with Crippen molar-refractivity contribution in [2.45, 2.75) is 37.2 Å². The molecular weight excluding hydrogens is 294 g/mol. The molecular formula is C13H23N3O2S2. The Morgan fingerprint density at radius 3 is 2.50 bits per heavy atom. The Morgan fingerprint density at radius 1 is 1.40 bits per heavy atom. The fraction of sp³-hybridized carbons (Fsp3) is 0.692. The summed E-state index contributed by atoms with van der Waals surface area (Å²) in [4.78, 5) is 3.37. The number of hydrogen-bond donors (Lipinski definition) is 1. The van der Waals surface area contributed by atoms with Gasteiger partial charge < -0.3 is 10.6 Å². The van der Waals surface area contributed by atoms with Gasteiger partial charge in [-0.3, -0.25) is 0 Å². The number of hydrogen-bond acceptors (Lipinski definition) is 5. The molecule has 7 heteroatoms. The fourth-order valence-corrected chi connectivity index (χ4v) is 5.83. The second-order valence-electron chi connectivity index (χ2n) is 5.47. The number of sulfonamides is 1. The van der Waals surface area contributed by atoms with Crippen molar-refractivity contribution in [2.75, 3.05) is 27.2 Å². The smallest absolute Gasteiger partial charge is 0.244 e. The predicted octanol–water partition coefficient (Wildman–Crippen LogP) is 1.23. The largest absolute Gasteiger partial charge is 0.326 e. The monoisotopic (exact) mass is 317 g/mol. The summed E-state index contributed by atoms with van der Waals surface area (Å²) in [6.45, 7) is 3.30. The molecule has 1 aliphatic heterocycles. The van der Waals surface area contributed by atoms with Crippen LogP contribution in [0.15, 0.2) is 10.3 Å². The highest BCUT2D eigenvalue weighted by molar-refractivity contribution is 7.89. The van der Waals surface area contributed by atoms with Crippen LogP contribution in [0.4, 0.5) is 0 Å². The van der Waals surface area contributed by atoms with Crippen LogP contribution in [-0.4, -0.2) is 50.8 Å². The number of nitrogens with zero attached hydrogens (tertiary/aromatic N) is 2. The van der Waals surface area contributed by atoms with E-state index in [0.717, 1.165) is 23.3 Å². The third-order valence-electron chi connectivity index (χ3n) is 3.93. The molecule has 1 saturated heterocycles. The van der Waals surface area contributed by atoms with Crippen molar-refractivity contribution >= 4 is 21.4 Å². The standard InChI is InChI=1S/C13H23N3O2S2/c1-10-9-19-12(8-14)13(10)20(17,18)16-6-4-11(5-7-16)15(2)3/h9,11H,4-8,14H2,1-3H3. The van der Waals surface area contributed by atoms with E-state index >= 15 is 0 Å². The molecule has 2 rings (SSSR count). The quantitative estimate of drug-likeness (QED) is 0.907. The molecule has 2 heterocycles. The maximum absolute atomic E-state index is 12.8. The number of nitrogens with two attached hydrogens (primary N) is 1. The van der Waals surface area contributed by atoms with E-state index < -0.39 is 10.0 Å². The molecule has 0 amide bonds. The van der Waals surface area contributed by atoms with Gasteiger partial charge in [-0.2, -0.15) is 4.31 Å². The number of rotatable bonds is 4. The minimum absolute atomic E-state index is 0.279. The Kier molecular flexibility index (Phi) is 4.86. The van der Waals surface area contributed by atoms with Crippen LogP contribution in [0.1, 0.15) is 23.3 Å². The molecule has 5 nitrogen and oxygen atoms in total. The summed E-state index contributed by atoms with van der Waals surface area (Å²) in [5, 5.41) is 1.88. The van der Waals surface area contributed by atoms with E-state index in [1.54, 1.807) is 4.31 Å². The van der Waals surface area contributed by atoms with Crippen LogP contribution in [0.2, 0.25) is 0 Å². The van der Waals surface area contributed by atoms with Gasteiger partial charge >= 0.3 is 0 Å². The van der Waals surface area contributed by atoms with Crippen molar-refractivity contribution in [1.29, 1.82) is 0 Å². The van der Waals surface area contributed by atoms with E-state index in [-0.39, 0.29) is 6.54 Å². The van der Waals surface area contributed by atoms with Crippen LogP contribution in [0, 0.1) is 6.92 Å². The zero-order valence-corrected chi connectivity index (χ0v) is 13.9. The predicted molar refractivity (Wildman–Crippen MR) is 82.4 cm³/mol. The zero-order chi connectivity index (χ0) is 14.9. The first-order chi connectivity index (χ1) is 9.37. The minimum Gasteiger partial charge on any atom is -0.326 e. The molecule has 0 atom stereocenters. The van der Waals surface area contributed by atoms with Gasteiger partial charge in [0, 0.05) is 30.6 Å². The first-order valence-corrected chi connectivity index (χ1v) is 9.13. The van der Waals surface area contributed by atoms with Crippen LogP contribution in [-0.2, 0) is 16.6 Å². The Hall–Kier alpha value is -0.470. The van der Waals surface area contributed by atoms with Crippen LogP contribution < -0.4 is 5.73 Å². The molecule has 1 aromatic rings. The summed E-state index contributed by atoms with van der Waals surface area (Å²) in [7, 11) is 0.696. The van der Waals surface area contributed by atoms with Crippen molar-refractivity contribution in [1.82, 2.24) is 9.21 Å². The number of aryl methyl sites for hydroxylation is 1. The normalized spacial score (nSPS) is 18.9. The van der Waals surface area contributed by atoms with Crippen LogP contribution in [0.25, 0.3) is 0 Å². The molecule has 0 bridgehead atoms. The molecule has 0 unspecified atom stereocenters. The molecule has 0 aliphatic carbocycles. The van der Waals surface area contributed by atoms with Crippen molar-refractivity contribution in [3.05, 3.63) is 15.8 Å². The lowest BCUT2D eigenvalue weighted by molar-refractivity contribution is 0.196. The molecule has 20 heavy (non-hydrogen) atoms. The molecule has 2 N–H and O–H groups in total. The van der Waals surface area contributed by atoms with Gasteiger partial charge in [-0.1, -0.05) is 0 Å². The topological polar surface area (TPSA) is 66.6 Å². The Bertz CT molecular complexity index is 558. The third kappa shape index (κ3) is 2.92.